The van der Waals surface area contributed by atoms with Gasteiger partial charge in [-0.25, -0.2) is 0 Å². The fraction of sp³-hybridized carbons (Fsp3) is 0.800. The van der Waals surface area contributed by atoms with E-state index >= 15 is 0 Å². The van der Waals surface area contributed by atoms with Gasteiger partial charge in [-0.1, -0.05) is 27.7 Å². The lowest BCUT2D eigenvalue weighted by Gasteiger charge is -2.15. The number of nitrogens with one attached hydrogen (secondary N) is 1. The van der Waals surface area contributed by atoms with E-state index in [0.29, 0.717) is 5.92 Å². The molecular formula is C15H29N3. The molecule has 1 atom stereocenters. The van der Waals surface area contributed by atoms with Gasteiger partial charge in [0.25, 0.3) is 0 Å². The first-order valence-corrected chi connectivity index (χ1v) is 7.19. The normalized spacial score (nSPS) is 13.3. The maximum Gasteiger partial charge on any atom is 0.0628 e. The van der Waals surface area contributed by atoms with Crippen molar-refractivity contribution in [2.24, 2.45) is 11.8 Å². The van der Waals surface area contributed by atoms with E-state index in [0.717, 1.165) is 32.0 Å². The second-order valence-corrected chi connectivity index (χ2v) is 5.84. The van der Waals surface area contributed by atoms with Crippen molar-refractivity contribution in [2.75, 3.05) is 13.1 Å². The zero-order valence-corrected chi connectivity index (χ0v) is 12.9. The molecule has 0 aliphatic carbocycles. The minimum absolute atomic E-state index is 0.617. The Labute approximate surface area is 112 Å². The number of hydrogen-bond donors (Lipinski definition) is 1. The molecule has 0 amide bonds. The topological polar surface area (TPSA) is 29.9 Å². The summed E-state index contributed by atoms with van der Waals surface area (Å²) in [6.07, 6.45) is 1.08. The maximum atomic E-state index is 4.65. The molecule has 104 valence electrons. The largest absolute Gasteiger partial charge is 0.316 e. The van der Waals surface area contributed by atoms with Crippen molar-refractivity contribution >= 4 is 0 Å². The molecule has 1 unspecified atom stereocenters. The van der Waals surface area contributed by atoms with E-state index in [1.54, 1.807) is 0 Å². The highest BCUT2D eigenvalue weighted by Gasteiger charge is 2.12. The summed E-state index contributed by atoms with van der Waals surface area (Å²) in [4.78, 5) is 0. The SMILES string of the molecule is CCc1c(C)nn(CC(C)CNCC(C)C)c1C. The van der Waals surface area contributed by atoms with Crippen LogP contribution in [0.25, 0.3) is 0 Å². The third kappa shape index (κ3) is 4.13. The molecule has 18 heavy (non-hydrogen) atoms. The molecule has 0 spiro atoms. The van der Waals surface area contributed by atoms with Gasteiger partial charge in [0.2, 0.25) is 0 Å². The first-order chi connectivity index (χ1) is 8.45. The second-order valence-electron chi connectivity index (χ2n) is 5.84. The van der Waals surface area contributed by atoms with E-state index < -0.39 is 0 Å². The van der Waals surface area contributed by atoms with Gasteiger partial charge in [-0.15, -0.1) is 0 Å². The molecule has 0 saturated heterocycles. The summed E-state index contributed by atoms with van der Waals surface area (Å²) in [5, 5.41) is 8.17. The number of aryl methyl sites for hydroxylation is 1. The molecule has 0 saturated carbocycles. The van der Waals surface area contributed by atoms with Crippen LogP contribution in [-0.4, -0.2) is 22.9 Å². The Morgan fingerprint density at radius 3 is 2.33 bits per heavy atom. The lowest BCUT2D eigenvalue weighted by Crippen LogP contribution is -2.27. The third-order valence-corrected chi connectivity index (χ3v) is 3.41. The predicted octanol–water partition coefficient (Wildman–Crippen LogP) is 2.94. The molecule has 1 aromatic heterocycles. The summed E-state index contributed by atoms with van der Waals surface area (Å²) in [5.74, 6) is 1.34. The third-order valence-electron chi connectivity index (χ3n) is 3.41. The van der Waals surface area contributed by atoms with Crippen molar-refractivity contribution in [3.63, 3.8) is 0 Å². The molecule has 0 aliphatic heterocycles. The standard InChI is InChI=1S/C15H29N3/c1-7-15-13(5)17-18(14(15)6)10-12(4)9-16-8-11(2)3/h11-12,16H,7-10H2,1-6H3. The van der Waals surface area contributed by atoms with Gasteiger partial charge < -0.3 is 5.32 Å². The fourth-order valence-electron chi connectivity index (χ4n) is 2.40. The number of nitrogens with zero attached hydrogens (tertiary/aromatic N) is 2. The first-order valence-electron chi connectivity index (χ1n) is 7.19. The Morgan fingerprint density at radius 1 is 1.17 bits per heavy atom. The average Bonchev–Trinajstić information content (AvgIpc) is 2.53. The van der Waals surface area contributed by atoms with Crippen LogP contribution < -0.4 is 5.32 Å². The second kappa shape index (κ2) is 6.93. The Kier molecular flexibility index (Phi) is 5.86. The maximum absolute atomic E-state index is 4.65. The fourth-order valence-corrected chi connectivity index (χ4v) is 2.40. The minimum atomic E-state index is 0.617. The van der Waals surface area contributed by atoms with E-state index in [1.807, 2.05) is 0 Å². The summed E-state index contributed by atoms with van der Waals surface area (Å²) < 4.78 is 2.18. The van der Waals surface area contributed by atoms with E-state index in [-0.39, 0.29) is 0 Å². The number of hydrogen-bond acceptors (Lipinski definition) is 2. The molecule has 1 N–H and O–H groups in total. The highest BCUT2D eigenvalue weighted by atomic mass is 15.3. The van der Waals surface area contributed by atoms with Crippen molar-refractivity contribution in [2.45, 2.75) is 54.5 Å². The van der Waals surface area contributed by atoms with Crippen LogP contribution in [0.5, 0.6) is 0 Å². The summed E-state index contributed by atoms with van der Waals surface area (Å²) in [6, 6.07) is 0. The first kappa shape index (κ1) is 15.2. The molecule has 3 heteroatoms. The Balaban J connectivity index is 2.51. The van der Waals surface area contributed by atoms with Crippen molar-refractivity contribution in [3.8, 4) is 0 Å². The van der Waals surface area contributed by atoms with Crippen LogP contribution in [0.3, 0.4) is 0 Å². The summed E-state index contributed by atoms with van der Waals surface area (Å²) in [6.45, 7) is 16.5. The van der Waals surface area contributed by atoms with Crippen molar-refractivity contribution < 1.29 is 0 Å². The quantitative estimate of drug-likeness (QED) is 0.807. The Hall–Kier alpha value is -0.830. The van der Waals surface area contributed by atoms with Gasteiger partial charge in [0.05, 0.1) is 5.69 Å². The molecule has 0 aliphatic rings. The Morgan fingerprint density at radius 2 is 1.83 bits per heavy atom. The van der Waals surface area contributed by atoms with Crippen LogP contribution in [0.4, 0.5) is 0 Å². The lowest BCUT2D eigenvalue weighted by atomic mass is 10.1. The summed E-state index contributed by atoms with van der Waals surface area (Å²) in [5.41, 5.74) is 3.94. The van der Waals surface area contributed by atoms with Gasteiger partial charge in [0.15, 0.2) is 0 Å². The zero-order chi connectivity index (χ0) is 13.7. The monoisotopic (exact) mass is 251 g/mol. The summed E-state index contributed by atoms with van der Waals surface area (Å²) in [7, 11) is 0. The van der Waals surface area contributed by atoms with Gasteiger partial charge in [0.1, 0.15) is 0 Å². The van der Waals surface area contributed by atoms with Gasteiger partial charge in [-0.3, -0.25) is 4.68 Å². The van der Waals surface area contributed by atoms with E-state index in [1.165, 1.54) is 17.0 Å². The Bertz CT molecular complexity index is 366. The highest BCUT2D eigenvalue weighted by Crippen LogP contribution is 2.14. The van der Waals surface area contributed by atoms with Gasteiger partial charge in [-0.2, -0.15) is 5.10 Å². The van der Waals surface area contributed by atoms with Crippen LogP contribution in [0, 0.1) is 25.7 Å². The molecule has 0 bridgehead atoms. The molecule has 0 radical (unpaired) electrons. The minimum Gasteiger partial charge on any atom is -0.316 e. The predicted molar refractivity (Wildman–Crippen MR) is 78.0 cm³/mol. The molecular weight excluding hydrogens is 222 g/mol. The highest BCUT2D eigenvalue weighted by molar-refractivity contribution is 5.24. The van der Waals surface area contributed by atoms with Crippen LogP contribution in [0.1, 0.15) is 44.6 Å². The zero-order valence-electron chi connectivity index (χ0n) is 12.9. The van der Waals surface area contributed by atoms with Gasteiger partial charge >= 0.3 is 0 Å². The van der Waals surface area contributed by atoms with Gasteiger partial charge in [-0.05, 0) is 50.8 Å². The van der Waals surface area contributed by atoms with Crippen molar-refractivity contribution in [1.82, 2.24) is 15.1 Å². The van der Waals surface area contributed by atoms with E-state index in [9.17, 15) is 0 Å². The smallest absolute Gasteiger partial charge is 0.0628 e. The molecule has 3 nitrogen and oxygen atoms in total. The summed E-state index contributed by atoms with van der Waals surface area (Å²) >= 11 is 0. The molecule has 1 heterocycles. The van der Waals surface area contributed by atoms with Crippen LogP contribution in [0.2, 0.25) is 0 Å². The van der Waals surface area contributed by atoms with E-state index in [4.69, 9.17) is 0 Å². The van der Waals surface area contributed by atoms with Crippen LogP contribution in [0.15, 0.2) is 0 Å². The number of rotatable bonds is 7. The lowest BCUT2D eigenvalue weighted by molar-refractivity contribution is 0.404. The molecule has 0 fully saturated rings. The van der Waals surface area contributed by atoms with E-state index in [2.05, 4.69) is 56.6 Å². The molecule has 1 aromatic rings. The van der Waals surface area contributed by atoms with Crippen LogP contribution >= 0.6 is 0 Å². The van der Waals surface area contributed by atoms with Crippen LogP contribution in [-0.2, 0) is 13.0 Å². The number of aromatic nitrogens is 2. The average molecular weight is 251 g/mol. The van der Waals surface area contributed by atoms with Gasteiger partial charge in [0, 0.05) is 12.2 Å². The molecule has 1 rings (SSSR count). The van der Waals surface area contributed by atoms with Crippen molar-refractivity contribution in [3.05, 3.63) is 17.0 Å². The molecule has 0 aromatic carbocycles. The van der Waals surface area contributed by atoms with Crippen molar-refractivity contribution in [1.29, 1.82) is 0 Å².